The van der Waals surface area contributed by atoms with Crippen molar-refractivity contribution in [3.8, 4) is 0 Å². The summed E-state index contributed by atoms with van der Waals surface area (Å²) in [6.45, 7) is 1.13. The number of benzene rings is 2. The first-order valence-electron chi connectivity index (χ1n) is 10.8. The lowest BCUT2D eigenvalue weighted by Gasteiger charge is -2.33. The van der Waals surface area contributed by atoms with E-state index < -0.39 is 0 Å². The highest BCUT2D eigenvalue weighted by atomic mass is 127. The molecule has 2 aromatic heterocycles. The zero-order valence-corrected chi connectivity index (χ0v) is 21.6. The predicted octanol–water partition coefficient (Wildman–Crippen LogP) is 5.69. The summed E-state index contributed by atoms with van der Waals surface area (Å²) in [5, 5.41) is 8.56. The molecule has 0 aliphatic carbocycles. The van der Waals surface area contributed by atoms with Crippen molar-refractivity contribution >= 4 is 77.7 Å². The van der Waals surface area contributed by atoms with Gasteiger partial charge in [0.1, 0.15) is 11.6 Å². The number of hydrogen-bond acceptors (Lipinski definition) is 4. The summed E-state index contributed by atoms with van der Waals surface area (Å²) in [7, 11) is 0. The fourth-order valence-electron chi connectivity index (χ4n) is 4.28. The van der Waals surface area contributed by atoms with Crippen LogP contribution in [-0.2, 0) is 0 Å². The van der Waals surface area contributed by atoms with Gasteiger partial charge in [-0.05, 0) is 77.9 Å². The maximum Gasteiger partial charge on any atom is 0.321 e. The maximum atomic E-state index is 13.2. The van der Waals surface area contributed by atoms with E-state index >= 15 is 0 Å². The number of anilines is 2. The molecule has 7 nitrogen and oxygen atoms in total. The number of halogens is 3. The highest BCUT2D eigenvalue weighted by Crippen LogP contribution is 2.32. The molecule has 10 heteroatoms. The van der Waals surface area contributed by atoms with Crippen molar-refractivity contribution in [2.75, 3.05) is 23.7 Å². The van der Waals surface area contributed by atoms with E-state index in [1.165, 1.54) is 12.1 Å². The van der Waals surface area contributed by atoms with Crippen molar-refractivity contribution < 1.29 is 9.18 Å². The zero-order valence-electron chi connectivity index (χ0n) is 17.9. The third-order valence-electron chi connectivity index (χ3n) is 5.89. The van der Waals surface area contributed by atoms with Crippen molar-refractivity contribution in [3.05, 3.63) is 72.9 Å². The summed E-state index contributed by atoms with van der Waals surface area (Å²) in [5.74, 6) is 0.336. The lowest BCUT2D eigenvalue weighted by molar-refractivity contribution is 0.196. The Kier molecular flexibility index (Phi) is 6.43. The first-order valence-corrected chi connectivity index (χ1v) is 12.6. The quantitative estimate of drug-likeness (QED) is 0.199. The van der Waals surface area contributed by atoms with E-state index in [0.29, 0.717) is 35.5 Å². The summed E-state index contributed by atoms with van der Waals surface area (Å²) < 4.78 is 14.9. The Balaban J connectivity index is 1.43. The SMILES string of the molecule is O=C(Nc1ccc(F)cc1)N1CCC[C@H](Nc2nc3c(I)c[nH]c(=O)c3c3cc(Br)ccc23)C1. The largest absolute Gasteiger partial charge is 0.365 e. The number of rotatable bonds is 3. The molecule has 1 atom stereocenters. The van der Waals surface area contributed by atoms with E-state index in [4.69, 9.17) is 4.98 Å². The van der Waals surface area contributed by atoms with Crippen molar-refractivity contribution in [2.24, 2.45) is 0 Å². The van der Waals surface area contributed by atoms with E-state index in [9.17, 15) is 14.0 Å². The second-order valence-corrected chi connectivity index (χ2v) is 10.3. The molecule has 34 heavy (non-hydrogen) atoms. The third-order valence-corrected chi connectivity index (χ3v) is 7.21. The standard InChI is InChI=1S/C24H20BrFIN5O2/c25-13-3-8-17-18(10-13)20-21(19(27)11-28-23(20)33)31-22(17)29-16-2-1-9-32(12-16)24(34)30-15-6-4-14(26)5-7-15/h3-8,10-11,16H,1-2,9,12H2,(H,28,33)(H,29,31)(H,30,34)/t16-/m0/s1. The molecular formula is C24H20BrFIN5O2. The zero-order chi connectivity index (χ0) is 23.8. The van der Waals surface area contributed by atoms with Crippen LogP contribution in [-0.4, -0.2) is 40.0 Å². The highest BCUT2D eigenvalue weighted by Gasteiger charge is 2.25. The Morgan fingerprint density at radius 2 is 2.00 bits per heavy atom. The Labute approximate surface area is 216 Å². The number of likely N-dealkylation sites (tertiary alicyclic amines) is 1. The molecule has 0 spiro atoms. The molecular weight excluding hydrogens is 616 g/mol. The molecule has 2 aromatic carbocycles. The van der Waals surface area contributed by atoms with Gasteiger partial charge in [-0.2, -0.15) is 0 Å². The minimum absolute atomic E-state index is 0.0100. The molecule has 2 amide bonds. The Morgan fingerprint density at radius 1 is 1.21 bits per heavy atom. The normalized spacial score (nSPS) is 16.1. The summed E-state index contributed by atoms with van der Waals surface area (Å²) >= 11 is 5.68. The molecule has 0 unspecified atom stereocenters. The number of H-pyrrole nitrogens is 1. The van der Waals surface area contributed by atoms with Crippen molar-refractivity contribution in [3.63, 3.8) is 0 Å². The van der Waals surface area contributed by atoms with Gasteiger partial charge in [-0.1, -0.05) is 15.9 Å². The van der Waals surface area contributed by atoms with Crippen LogP contribution in [0.3, 0.4) is 0 Å². The Bertz CT molecular complexity index is 1460. The number of carbonyl (C=O) groups is 1. The van der Waals surface area contributed by atoms with Crippen LogP contribution in [0.1, 0.15) is 12.8 Å². The Hall–Kier alpha value is -2.73. The smallest absolute Gasteiger partial charge is 0.321 e. The summed E-state index contributed by atoms with van der Waals surface area (Å²) in [5.41, 5.74) is 1.01. The number of aromatic amines is 1. The number of nitrogens with zero attached hydrogens (tertiary/aromatic N) is 2. The fourth-order valence-corrected chi connectivity index (χ4v) is 5.18. The molecule has 1 aliphatic rings. The topological polar surface area (TPSA) is 90.1 Å². The van der Waals surface area contributed by atoms with Crippen molar-refractivity contribution in [1.82, 2.24) is 14.9 Å². The number of aromatic nitrogens is 2. The van der Waals surface area contributed by atoms with Gasteiger partial charge in [-0.25, -0.2) is 14.2 Å². The molecule has 0 bridgehead atoms. The molecule has 4 aromatic rings. The molecule has 0 saturated carbocycles. The van der Waals surface area contributed by atoms with Crippen LogP contribution < -0.4 is 16.2 Å². The van der Waals surface area contributed by atoms with E-state index in [1.807, 2.05) is 18.2 Å². The number of fused-ring (bicyclic) bond motifs is 3. The summed E-state index contributed by atoms with van der Waals surface area (Å²) in [6, 6.07) is 11.3. The van der Waals surface area contributed by atoms with Gasteiger partial charge in [0, 0.05) is 46.3 Å². The van der Waals surface area contributed by atoms with Crippen LogP contribution in [0.2, 0.25) is 0 Å². The molecule has 3 N–H and O–H groups in total. The third kappa shape index (κ3) is 4.61. The van der Waals surface area contributed by atoms with Gasteiger partial charge in [0.05, 0.1) is 14.5 Å². The average Bonchev–Trinajstić information content (AvgIpc) is 2.83. The van der Waals surface area contributed by atoms with E-state index in [1.54, 1.807) is 23.2 Å². The molecule has 1 aliphatic heterocycles. The highest BCUT2D eigenvalue weighted by molar-refractivity contribution is 14.1. The number of carbonyl (C=O) groups excluding carboxylic acids is 1. The lowest BCUT2D eigenvalue weighted by Crippen LogP contribution is -2.46. The van der Waals surface area contributed by atoms with E-state index in [0.717, 1.165) is 31.7 Å². The predicted molar refractivity (Wildman–Crippen MR) is 144 cm³/mol. The van der Waals surface area contributed by atoms with Gasteiger partial charge in [-0.3, -0.25) is 4.79 Å². The second kappa shape index (κ2) is 9.49. The van der Waals surface area contributed by atoms with Crippen molar-refractivity contribution in [2.45, 2.75) is 18.9 Å². The molecule has 1 fully saturated rings. The molecule has 0 radical (unpaired) electrons. The summed E-state index contributed by atoms with van der Waals surface area (Å²) in [6.07, 6.45) is 3.38. The molecule has 174 valence electrons. The van der Waals surface area contributed by atoms with Gasteiger partial charge in [-0.15, -0.1) is 0 Å². The first kappa shape index (κ1) is 23.0. The Morgan fingerprint density at radius 3 is 2.79 bits per heavy atom. The van der Waals surface area contributed by atoms with Crippen molar-refractivity contribution in [1.29, 1.82) is 0 Å². The van der Waals surface area contributed by atoms with Crippen LogP contribution >= 0.6 is 38.5 Å². The van der Waals surface area contributed by atoms with Crippen LogP contribution in [0, 0.1) is 9.39 Å². The second-order valence-electron chi connectivity index (χ2n) is 8.21. The number of urea groups is 1. The van der Waals surface area contributed by atoms with Crippen LogP contribution in [0.15, 0.2) is 57.9 Å². The number of nitrogens with one attached hydrogen (secondary N) is 3. The monoisotopic (exact) mass is 635 g/mol. The number of piperidine rings is 1. The number of amides is 2. The minimum Gasteiger partial charge on any atom is -0.365 e. The number of hydrogen-bond donors (Lipinski definition) is 3. The molecule has 1 saturated heterocycles. The number of pyridine rings is 2. The molecule has 5 rings (SSSR count). The molecule has 3 heterocycles. The summed E-state index contributed by atoms with van der Waals surface area (Å²) in [4.78, 5) is 34.8. The van der Waals surface area contributed by atoms with Crippen LogP contribution in [0.25, 0.3) is 21.7 Å². The van der Waals surface area contributed by atoms with E-state index in [2.05, 4.69) is 54.1 Å². The first-order chi connectivity index (χ1) is 16.4. The van der Waals surface area contributed by atoms with Gasteiger partial charge in [0.25, 0.3) is 5.56 Å². The van der Waals surface area contributed by atoms with Gasteiger partial charge < -0.3 is 20.5 Å². The maximum absolute atomic E-state index is 13.2. The lowest BCUT2D eigenvalue weighted by atomic mass is 10.0. The van der Waals surface area contributed by atoms with Gasteiger partial charge in [0.15, 0.2) is 0 Å². The fraction of sp³-hybridized carbons (Fsp3) is 0.208. The van der Waals surface area contributed by atoms with Crippen LogP contribution in [0.4, 0.5) is 20.7 Å². The minimum atomic E-state index is -0.348. The van der Waals surface area contributed by atoms with Gasteiger partial charge in [0.2, 0.25) is 0 Å². The van der Waals surface area contributed by atoms with Gasteiger partial charge >= 0.3 is 6.03 Å². The van der Waals surface area contributed by atoms with Crippen LogP contribution in [0.5, 0.6) is 0 Å². The van der Waals surface area contributed by atoms with E-state index in [-0.39, 0.29) is 23.4 Å². The average molecular weight is 636 g/mol.